The van der Waals surface area contributed by atoms with E-state index in [1.54, 1.807) is 12.1 Å². The molecule has 1 aliphatic rings. The van der Waals surface area contributed by atoms with Gasteiger partial charge in [0.1, 0.15) is 19.2 Å². The largest absolute Gasteiger partial charge is 0.497 e. The van der Waals surface area contributed by atoms with Gasteiger partial charge in [0.05, 0.1) is 24.5 Å². The molecule has 7 nitrogen and oxygen atoms in total. The van der Waals surface area contributed by atoms with E-state index < -0.39 is 0 Å². The van der Waals surface area contributed by atoms with E-state index in [1.165, 1.54) is 18.4 Å². The molecule has 1 atom stereocenters. The van der Waals surface area contributed by atoms with Crippen molar-refractivity contribution in [1.82, 2.24) is 4.98 Å². The molecule has 3 heterocycles. The number of anilines is 2. The maximum atomic E-state index is 12.7. The lowest BCUT2D eigenvalue weighted by molar-refractivity contribution is -0.118. The molecule has 2 aromatic heterocycles. The number of ketones is 1. The molecule has 9 heteroatoms. The number of fused-ring (bicyclic) bond motifs is 3. The van der Waals surface area contributed by atoms with Crippen molar-refractivity contribution in [3.05, 3.63) is 29.0 Å². The molecule has 28 heavy (non-hydrogen) atoms. The van der Waals surface area contributed by atoms with E-state index >= 15 is 0 Å². The zero-order valence-corrected chi connectivity index (χ0v) is 16.5. The second-order valence-corrected chi connectivity index (χ2v) is 7.76. The van der Waals surface area contributed by atoms with E-state index in [0.29, 0.717) is 38.7 Å². The van der Waals surface area contributed by atoms with Crippen LogP contribution >= 0.6 is 11.3 Å². The second kappa shape index (κ2) is 6.98. The zero-order valence-electron chi connectivity index (χ0n) is 15.7. The smallest absolute Gasteiger partial charge is 0.228 e. The van der Waals surface area contributed by atoms with Gasteiger partial charge in [-0.3, -0.25) is 9.59 Å². The fraction of sp³-hybridized carbons (Fsp3) is 0.316. The number of hydrogen-bond donors (Lipinski definition) is 2. The fourth-order valence-corrected chi connectivity index (χ4v) is 3.91. The minimum atomic E-state index is -0.340. The van der Waals surface area contributed by atoms with Crippen molar-refractivity contribution in [2.45, 2.75) is 26.3 Å². The number of aromatic nitrogens is 1. The summed E-state index contributed by atoms with van der Waals surface area (Å²) in [5, 5.41) is 9.07. The summed E-state index contributed by atoms with van der Waals surface area (Å²) in [7, 11) is 7.75. The summed E-state index contributed by atoms with van der Waals surface area (Å²) in [4.78, 5) is 29.0. The quantitative estimate of drug-likeness (QED) is 0.660. The first-order valence-corrected chi connectivity index (χ1v) is 9.72. The van der Waals surface area contributed by atoms with Crippen LogP contribution in [-0.4, -0.2) is 31.6 Å². The molecule has 2 N–H and O–H groups in total. The predicted octanol–water partition coefficient (Wildman–Crippen LogP) is 3.03. The van der Waals surface area contributed by atoms with E-state index in [9.17, 15) is 9.59 Å². The number of ether oxygens (including phenoxy) is 1. The van der Waals surface area contributed by atoms with Crippen molar-refractivity contribution in [3.8, 4) is 5.75 Å². The summed E-state index contributed by atoms with van der Waals surface area (Å²) in [6.45, 7) is 3.63. The zero-order chi connectivity index (χ0) is 20.0. The van der Waals surface area contributed by atoms with Gasteiger partial charge in [-0.15, -0.1) is 11.3 Å². The van der Waals surface area contributed by atoms with Crippen LogP contribution in [0.5, 0.6) is 5.75 Å². The highest BCUT2D eigenvalue weighted by molar-refractivity contribution is 7.13. The number of methoxy groups -OCH3 is 1. The van der Waals surface area contributed by atoms with Gasteiger partial charge in [-0.25, -0.2) is 4.98 Å². The highest BCUT2D eigenvalue weighted by Crippen LogP contribution is 2.40. The van der Waals surface area contributed by atoms with Crippen molar-refractivity contribution in [1.29, 1.82) is 0 Å². The molecular weight excluding hydrogens is 377 g/mol. The van der Waals surface area contributed by atoms with Crippen molar-refractivity contribution < 1.29 is 18.7 Å². The van der Waals surface area contributed by atoms with Crippen LogP contribution in [0.25, 0.3) is 11.0 Å². The molecule has 142 valence electrons. The number of thiazole rings is 1. The topological polar surface area (TPSA) is 93.5 Å². The number of rotatable bonds is 4. The Balaban J connectivity index is 1.68. The van der Waals surface area contributed by atoms with Gasteiger partial charge in [0.15, 0.2) is 10.9 Å². The minimum Gasteiger partial charge on any atom is -0.497 e. The first-order chi connectivity index (χ1) is 13.4. The Labute approximate surface area is 166 Å². The van der Waals surface area contributed by atoms with Crippen LogP contribution in [0, 0.1) is 5.92 Å². The van der Waals surface area contributed by atoms with Gasteiger partial charge >= 0.3 is 0 Å². The van der Waals surface area contributed by atoms with Crippen LogP contribution in [0.3, 0.4) is 0 Å². The van der Waals surface area contributed by atoms with Crippen LogP contribution in [0.4, 0.5) is 10.8 Å². The van der Waals surface area contributed by atoms with Crippen LogP contribution < -0.4 is 20.8 Å². The molecule has 0 bridgehead atoms. The summed E-state index contributed by atoms with van der Waals surface area (Å²) < 4.78 is 11.0. The van der Waals surface area contributed by atoms with E-state index in [4.69, 9.17) is 17.0 Å². The molecule has 0 saturated heterocycles. The van der Waals surface area contributed by atoms with Gasteiger partial charge in [-0.2, -0.15) is 0 Å². The number of furan rings is 1. The Morgan fingerprint density at radius 3 is 2.96 bits per heavy atom. The molecular formula is C19H18BN3O4S. The van der Waals surface area contributed by atoms with Crippen molar-refractivity contribution >= 4 is 58.1 Å². The summed E-state index contributed by atoms with van der Waals surface area (Å²) in [5.74, 6) is 0.403. The Hall–Kier alpha value is -2.81. The lowest BCUT2D eigenvalue weighted by atomic mass is 9.89. The third-order valence-corrected chi connectivity index (χ3v) is 5.45. The minimum absolute atomic E-state index is 0.100. The average Bonchev–Trinajstić information content (AvgIpc) is 3.27. The average molecular weight is 395 g/mol. The second-order valence-electron chi connectivity index (χ2n) is 6.91. The number of nitrogens with one attached hydrogen (secondary N) is 2. The van der Waals surface area contributed by atoms with Crippen LogP contribution in [0.1, 0.15) is 42.6 Å². The molecule has 2 radical (unpaired) electrons. The summed E-state index contributed by atoms with van der Waals surface area (Å²) in [5.41, 5.74) is 2.16. The third kappa shape index (κ3) is 3.05. The molecule has 0 spiro atoms. The third-order valence-electron chi connectivity index (χ3n) is 4.67. The normalized spacial score (nSPS) is 16.1. The number of Topliss-reactive ketones (excluding diaryl/α,β-unsaturated/α-hetero) is 1. The lowest BCUT2D eigenvalue weighted by Crippen LogP contribution is -2.23. The van der Waals surface area contributed by atoms with Crippen molar-refractivity contribution in [3.63, 3.8) is 0 Å². The lowest BCUT2D eigenvalue weighted by Gasteiger charge is -2.22. The Morgan fingerprint density at radius 1 is 1.46 bits per heavy atom. The summed E-state index contributed by atoms with van der Waals surface area (Å²) >= 11 is 1.32. The number of amides is 1. The molecule has 4 rings (SSSR count). The highest BCUT2D eigenvalue weighted by Gasteiger charge is 2.33. The van der Waals surface area contributed by atoms with Crippen LogP contribution in [-0.2, 0) is 4.79 Å². The summed E-state index contributed by atoms with van der Waals surface area (Å²) in [6.07, 6.45) is 0.200. The molecule has 1 aromatic carbocycles. The van der Waals surface area contributed by atoms with E-state index in [2.05, 4.69) is 15.6 Å². The Bertz CT molecular complexity index is 1090. The fourth-order valence-electron chi connectivity index (χ4n) is 3.15. The van der Waals surface area contributed by atoms with Gasteiger partial charge < -0.3 is 19.8 Å². The Morgan fingerprint density at radius 2 is 2.25 bits per heavy atom. The van der Waals surface area contributed by atoms with Gasteiger partial charge in [-0.1, -0.05) is 13.8 Å². The maximum absolute atomic E-state index is 12.7. The van der Waals surface area contributed by atoms with E-state index in [-0.39, 0.29) is 35.8 Å². The number of hydrogen-bond acceptors (Lipinski definition) is 7. The number of benzene rings is 1. The van der Waals surface area contributed by atoms with Crippen molar-refractivity contribution in [2.24, 2.45) is 5.92 Å². The molecule has 1 unspecified atom stereocenters. The van der Waals surface area contributed by atoms with Gasteiger partial charge in [0.2, 0.25) is 11.7 Å². The number of nitrogens with zero attached hydrogens (tertiary/aromatic N) is 1. The molecule has 3 aromatic rings. The van der Waals surface area contributed by atoms with E-state index in [0.717, 1.165) is 0 Å². The van der Waals surface area contributed by atoms with Gasteiger partial charge in [0, 0.05) is 23.1 Å². The van der Waals surface area contributed by atoms with Gasteiger partial charge in [-0.05, 0) is 17.6 Å². The molecule has 0 saturated carbocycles. The predicted molar refractivity (Wildman–Crippen MR) is 109 cm³/mol. The number of carbonyl (C=O) groups is 2. The van der Waals surface area contributed by atoms with Crippen LogP contribution in [0.2, 0.25) is 0 Å². The number of carbonyl (C=O) groups excluding carboxylic acids is 2. The molecule has 0 fully saturated rings. The molecule has 0 aliphatic carbocycles. The SMILES string of the molecule is [B]c1c(OC)ccc2oc3c(c12)NC(c1csc(NC(=O)C(C)C)n1)CC3=O. The Kier molecular flexibility index (Phi) is 4.62. The van der Waals surface area contributed by atoms with Gasteiger partial charge in [0.25, 0.3) is 0 Å². The summed E-state index contributed by atoms with van der Waals surface area (Å²) in [6, 6.07) is 3.10. The van der Waals surface area contributed by atoms with Crippen LogP contribution in [0.15, 0.2) is 21.9 Å². The first kappa shape index (κ1) is 18.6. The molecule has 1 aliphatic heterocycles. The standard InChI is InChI=1S/C19H18BN3O4S/c1-8(2)18(25)23-19-22-10(7-28-19)9-6-11(24)17-16(21-9)14-12(27-17)4-5-13(26-3)15(14)20/h4-5,7-9,21H,6H2,1-3H3,(H,22,23,25). The molecule has 1 amide bonds. The first-order valence-electron chi connectivity index (χ1n) is 8.84. The monoisotopic (exact) mass is 395 g/mol. The van der Waals surface area contributed by atoms with Crippen molar-refractivity contribution in [2.75, 3.05) is 17.7 Å². The highest BCUT2D eigenvalue weighted by atomic mass is 32.1. The maximum Gasteiger partial charge on any atom is 0.228 e. The van der Waals surface area contributed by atoms with E-state index in [1.807, 2.05) is 19.2 Å².